The second kappa shape index (κ2) is 5.23. The van der Waals surface area contributed by atoms with Crippen molar-refractivity contribution in [2.75, 3.05) is 24.3 Å². The first kappa shape index (κ1) is 12.5. The third-order valence-corrected chi connectivity index (χ3v) is 4.53. The van der Waals surface area contributed by atoms with Crippen molar-refractivity contribution in [1.29, 1.82) is 0 Å². The molecule has 2 fully saturated rings. The Morgan fingerprint density at radius 2 is 2.00 bits per heavy atom. The van der Waals surface area contributed by atoms with E-state index in [1.165, 1.54) is 38.5 Å². The Morgan fingerprint density at radius 1 is 1.21 bits per heavy atom. The van der Waals surface area contributed by atoms with E-state index >= 15 is 0 Å². The fraction of sp³-hybridized carbons (Fsp3) is 0.714. The van der Waals surface area contributed by atoms with E-state index in [0.717, 1.165) is 18.3 Å². The molecule has 5 heteroatoms. The SMILES string of the molecule is COc1c(N)ncnc1N1CCC[C@H]2CCCC[C@H]21. The van der Waals surface area contributed by atoms with Crippen LogP contribution in [0.25, 0.3) is 0 Å². The number of nitrogens with zero attached hydrogens (tertiary/aromatic N) is 3. The van der Waals surface area contributed by atoms with Crippen LogP contribution >= 0.6 is 0 Å². The Kier molecular flexibility index (Phi) is 3.44. The van der Waals surface area contributed by atoms with Gasteiger partial charge in [-0.15, -0.1) is 0 Å². The molecule has 0 bridgehead atoms. The molecule has 0 radical (unpaired) electrons. The van der Waals surface area contributed by atoms with E-state index < -0.39 is 0 Å². The van der Waals surface area contributed by atoms with Crippen LogP contribution in [-0.4, -0.2) is 29.7 Å². The van der Waals surface area contributed by atoms with Crippen molar-refractivity contribution in [2.45, 2.75) is 44.6 Å². The van der Waals surface area contributed by atoms with Crippen LogP contribution in [0, 0.1) is 5.92 Å². The maximum atomic E-state index is 5.90. The minimum absolute atomic E-state index is 0.436. The van der Waals surface area contributed by atoms with E-state index in [1.807, 2.05) is 0 Å². The highest BCUT2D eigenvalue weighted by atomic mass is 16.5. The molecule has 0 spiro atoms. The molecular formula is C14H22N4O. The van der Waals surface area contributed by atoms with Crippen molar-refractivity contribution in [3.05, 3.63) is 6.33 Å². The average Bonchev–Trinajstić information content (AvgIpc) is 2.46. The lowest BCUT2D eigenvalue weighted by Gasteiger charge is -2.45. The van der Waals surface area contributed by atoms with Gasteiger partial charge in [0.2, 0.25) is 5.75 Å². The van der Waals surface area contributed by atoms with Crippen molar-refractivity contribution in [3.63, 3.8) is 0 Å². The first-order valence-corrected chi connectivity index (χ1v) is 7.22. The molecule has 2 N–H and O–H groups in total. The minimum atomic E-state index is 0.436. The van der Waals surface area contributed by atoms with E-state index in [-0.39, 0.29) is 0 Å². The van der Waals surface area contributed by atoms with Gasteiger partial charge in [0.1, 0.15) is 6.33 Å². The molecule has 104 valence electrons. The van der Waals surface area contributed by atoms with Crippen LogP contribution in [0.4, 0.5) is 11.6 Å². The van der Waals surface area contributed by atoms with Gasteiger partial charge in [-0.05, 0) is 31.6 Å². The predicted octanol–water partition coefficient (Wildman–Crippen LogP) is 2.23. The number of hydrogen-bond donors (Lipinski definition) is 1. The normalized spacial score (nSPS) is 26.9. The van der Waals surface area contributed by atoms with Crippen molar-refractivity contribution in [2.24, 2.45) is 5.92 Å². The number of hydrogen-bond acceptors (Lipinski definition) is 5. The third-order valence-electron chi connectivity index (χ3n) is 4.53. The monoisotopic (exact) mass is 262 g/mol. The number of aromatic nitrogens is 2. The molecule has 1 aliphatic heterocycles. The molecule has 1 saturated carbocycles. The summed E-state index contributed by atoms with van der Waals surface area (Å²) in [7, 11) is 1.64. The maximum Gasteiger partial charge on any atom is 0.204 e. The van der Waals surface area contributed by atoms with Gasteiger partial charge in [-0.25, -0.2) is 9.97 Å². The third kappa shape index (κ3) is 2.22. The smallest absolute Gasteiger partial charge is 0.204 e. The van der Waals surface area contributed by atoms with Gasteiger partial charge in [-0.1, -0.05) is 12.8 Å². The fourth-order valence-corrected chi connectivity index (χ4v) is 3.67. The molecular weight excluding hydrogens is 240 g/mol. The number of rotatable bonds is 2. The molecule has 1 aliphatic carbocycles. The Labute approximate surface area is 114 Å². The van der Waals surface area contributed by atoms with Crippen LogP contribution in [0.15, 0.2) is 6.33 Å². The van der Waals surface area contributed by atoms with Crippen LogP contribution in [0.5, 0.6) is 5.75 Å². The first-order chi connectivity index (χ1) is 9.31. The number of nitrogen functional groups attached to an aromatic ring is 1. The molecule has 0 aromatic carbocycles. The standard InChI is InChI=1S/C14H22N4O/c1-19-12-13(15)16-9-17-14(12)18-8-4-6-10-5-2-3-7-11(10)18/h9-11H,2-8H2,1H3,(H2,15,16,17)/t10-,11-/m1/s1. The minimum Gasteiger partial charge on any atom is -0.490 e. The van der Waals surface area contributed by atoms with Gasteiger partial charge in [-0.2, -0.15) is 0 Å². The lowest BCUT2D eigenvalue weighted by Crippen LogP contribution is -2.47. The Morgan fingerprint density at radius 3 is 2.84 bits per heavy atom. The second-order valence-corrected chi connectivity index (χ2v) is 5.56. The average molecular weight is 262 g/mol. The molecule has 2 aliphatic rings. The predicted molar refractivity (Wildman–Crippen MR) is 75.3 cm³/mol. The zero-order valence-corrected chi connectivity index (χ0v) is 11.5. The molecule has 1 aromatic heterocycles. The summed E-state index contributed by atoms with van der Waals surface area (Å²) in [5.41, 5.74) is 5.90. The summed E-state index contributed by atoms with van der Waals surface area (Å²) in [6.45, 7) is 1.05. The Balaban J connectivity index is 1.94. The molecule has 19 heavy (non-hydrogen) atoms. The molecule has 0 unspecified atom stereocenters. The first-order valence-electron chi connectivity index (χ1n) is 7.22. The molecule has 1 saturated heterocycles. The van der Waals surface area contributed by atoms with Gasteiger partial charge in [0.25, 0.3) is 0 Å². The fourth-order valence-electron chi connectivity index (χ4n) is 3.67. The van der Waals surface area contributed by atoms with E-state index in [9.17, 15) is 0 Å². The van der Waals surface area contributed by atoms with Crippen molar-refractivity contribution < 1.29 is 4.74 Å². The largest absolute Gasteiger partial charge is 0.490 e. The highest BCUT2D eigenvalue weighted by molar-refractivity contribution is 5.63. The lowest BCUT2D eigenvalue weighted by atomic mass is 9.78. The van der Waals surface area contributed by atoms with Gasteiger partial charge in [0.15, 0.2) is 11.6 Å². The lowest BCUT2D eigenvalue weighted by molar-refractivity contribution is 0.241. The topological polar surface area (TPSA) is 64.3 Å². The van der Waals surface area contributed by atoms with Gasteiger partial charge >= 0.3 is 0 Å². The van der Waals surface area contributed by atoms with Crippen molar-refractivity contribution >= 4 is 11.6 Å². The van der Waals surface area contributed by atoms with E-state index in [1.54, 1.807) is 13.4 Å². The van der Waals surface area contributed by atoms with Crippen LogP contribution < -0.4 is 15.4 Å². The second-order valence-electron chi connectivity index (χ2n) is 5.56. The molecule has 5 nitrogen and oxygen atoms in total. The summed E-state index contributed by atoms with van der Waals surface area (Å²) in [6, 6.07) is 0.602. The number of anilines is 2. The van der Waals surface area contributed by atoms with Gasteiger partial charge in [0, 0.05) is 12.6 Å². The van der Waals surface area contributed by atoms with E-state index in [2.05, 4.69) is 14.9 Å². The van der Waals surface area contributed by atoms with Crippen molar-refractivity contribution in [1.82, 2.24) is 9.97 Å². The van der Waals surface area contributed by atoms with Gasteiger partial charge in [0.05, 0.1) is 7.11 Å². The van der Waals surface area contributed by atoms with Crippen molar-refractivity contribution in [3.8, 4) is 5.75 Å². The van der Waals surface area contributed by atoms with Crippen LogP contribution in [0.1, 0.15) is 38.5 Å². The zero-order chi connectivity index (χ0) is 13.2. The van der Waals surface area contributed by atoms with E-state index in [0.29, 0.717) is 17.6 Å². The number of methoxy groups -OCH3 is 1. The zero-order valence-electron chi connectivity index (χ0n) is 11.5. The van der Waals surface area contributed by atoms with Crippen LogP contribution in [-0.2, 0) is 0 Å². The molecule has 1 aromatic rings. The molecule has 2 atom stereocenters. The summed E-state index contributed by atoms with van der Waals surface area (Å²) < 4.78 is 5.42. The Bertz CT molecular complexity index is 449. The summed E-state index contributed by atoms with van der Waals surface area (Å²) in [5, 5.41) is 0. The summed E-state index contributed by atoms with van der Waals surface area (Å²) >= 11 is 0. The van der Waals surface area contributed by atoms with Crippen LogP contribution in [0.3, 0.4) is 0 Å². The number of ether oxygens (including phenoxy) is 1. The quantitative estimate of drug-likeness (QED) is 0.885. The summed E-state index contributed by atoms with van der Waals surface area (Å²) in [5.74, 6) is 2.76. The Hall–Kier alpha value is -1.52. The summed E-state index contributed by atoms with van der Waals surface area (Å²) in [6.07, 6.45) is 9.43. The van der Waals surface area contributed by atoms with E-state index in [4.69, 9.17) is 10.5 Å². The number of nitrogens with two attached hydrogens (primary N) is 1. The molecule has 0 amide bonds. The van der Waals surface area contributed by atoms with Crippen LogP contribution in [0.2, 0.25) is 0 Å². The highest BCUT2D eigenvalue weighted by Gasteiger charge is 2.35. The van der Waals surface area contributed by atoms with Gasteiger partial charge in [-0.3, -0.25) is 0 Å². The van der Waals surface area contributed by atoms with Gasteiger partial charge < -0.3 is 15.4 Å². The number of piperidine rings is 1. The molecule has 2 heterocycles. The maximum absolute atomic E-state index is 5.90. The highest BCUT2D eigenvalue weighted by Crippen LogP contribution is 2.40. The molecule has 3 rings (SSSR count). The summed E-state index contributed by atoms with van der Waals surface area (Å²) in [4.78, 5) is 10.9. The number of fused-ring (bicyclic) bond motifs is 1.